The average Bonchev–Trinajstić information content (AvgIpc) is 3.59. The van der Waals surface area contributed by atoms with Crippen molar-refractivity contribution >= 4 is 12.0 Å². The highest BCUT2D eigenvalue weighted by molar-refractivity contribution is 5.81. The second kappa shape index (κ2) is 9.36. The van der Waals surface area contributed by atoms with Gasteiger partial charge in [-0.3, -0.25) is 14.7 Å². The van der Waals surface area contributed by atoms with Gasteiger partial charge in [-0.25, -0.2) is 0 Å². The number of nitrogens with one attached hydrogen (secondary N) is 1. The van der Waals surface area contributed by atoms with E-state index in [1.807, 2.05) is 18.3 Å². The van der Waals surface area contributed by atoms with Crippen LogP contribution < -0.4 is 5.32 Å². The number of nitrogens with zero attached hydrogens (tertiary/aromatic N) is 2. The third-order valence-corrected chi connectivity index (χ3v) is 5.95. The summed E-state index contributed by atoms with van der Waals surface area (Å²) in [4.78, 5) is 19.6. The Morgan fingerprint density at radius 1 is 1.17 bits per heavy atom. The van der Waals surface area contributed by atoms with Crippen molar-refractivity contribution in [3.05, 3.63) is 71.6 Å². The molecule has 1 aromatic heterocycles. The van der Waals surface area contributed by atoms with Gasteiger partial charge in [-0.05, 0) is 62.8 Å². The molecular weight excluding hydrogens is 358 g/mol. The zero-order chi connectivity index (χ0) is 20.1. The van der Waals surface area contributed by atoms with Crippen molar-refractivity contribution in [2.45, 2.75) is 38.6 Å². The third-order valence-electron chi connectivity index (χ3n) is 5.95. The van der Waals surface area contributed by atoms with Gasteiger partial charge in [0.15, 0.2) is 0 Å². The van der Waals surface area contributed by atoms with Gasteiger partial charge in [0.25, 0.3) is 0 Å². The first-order chi connectivity index (χ1) is 14.2. The molecule has 4 rings (SSSR count). The van der Waals surface area contributed by atoms with Crippen LogP contribution in [0.25, 0.3) is 6.08 Å². The van der Waals surface area contributed by atoms with Crippen LogP contribution in [0, 0.1) is 11.8 Å². The van der Waals surface area contributed by atoms with Crippen LogP contribution in [0.15, 0.2) is 60.3 Å². The van der Waals surface area contributed by atoms with Crippen molar-refractivity contribution in [3.8, 4) is 0 Å². The summed E-state index contributed by atoms with van der Waals surface area (Å²) in [6, 6.07) is 16.5. The third kappa shape index (κ3) is 5.54. The van der Waals surface area contributed by atoms with Crippen LogP contribution in [0.2, 0.25) is 0 Å². The minimum Gasteiger partial charge on any atom is -0.347 e. The quantitative estimate of drug-likeness (QED) is 0.760. The number of carbonyl (C=O) groups is 1. The minimum atomic E-state index is 0.00510. The molecule has 4 heteroatoms. The maximum absolute atomic E-state index is 12.5. The van der Waals surface area contributed by atoms with Crippen LogP contribution >= 0.6 is 0 Å². The maximum Gasteiger partial charge on any atom is 0.223 e. The first-order valence-corrected chi connectivity index (χ1v) is 10.8. The largest absolute Gasteiger partial charge is 0.347 e. The van der Waals surface area contributed by atoms with Gasteiger partial charge in [0.1, 0.15) is 0 Å². The molecule has 1 saturated heterocycles. The summed E-state index contributed by atoms with van der Waals surface area (Å²) in [5.41, 5.74) is 3.61. The van der Waals surface area contributed by atoms with E-state index >= 15 is 0 Å². The van der Waals surface area contributed by atoms with Gasteiger partial charge in [0, 0.05) is 25.2 Å². The van der Waals surface area contributed by atoms with Crippen LogP contribution in [0.5, 0.6) is 0 Å². The van der Waals surface area contributed by atoms with Crippen molar-refractivity contribution in [3.63, 3.8) is 0 Å². The van der Waals surface area contributed by atoms with Crippen molar-refractivity contribution < 1.29 is 4.79 Å². The van der Waals surface area contributed by atoms with E-state index in [0.29, 0.717) is 5.92 Å². The molecule has 2 fully saturated rings. The monoisotopic (exact) mass is 389 g/mol. The first-order valence-electron chi connectivity index (χ1n) is 10.8. The number of benzene rings is 1. The summed E-state index contributed by atoms with van der Waals surface area (Å²) in [5, 5.41) is 3.34. The van der Waals surface area contributed by atoms with Gasteiger partial charge in [-0.2, -0.15) is 0 Å². The van der Waals surface area contributed by atoms with E-state index in [0.717, 1.165) is 51.0 Å². The minimum absolute atomic E-state index is 0.00510. The van der Waals surface area contributed by atoms with Gasteiger partial charge in [-0.1, -0.05) is 48.0 Å². The number of hydrogen-bond acceptors (Lipinski definition) is 3. The molecule has 0 spiro atoms. The topological polar surface area (TPSA) is 45.2 Å². The Kier molecular flexibility index (Phi) is 6.40. The Balaban J connectivity index is 1.44. The Morgan fingerprint density at radius 2 is 1.97 bits per heavy atom. The molecule has 2 aliphatic rings. The lowest BCUT2D eigenvalue weighted by molar-refractivity contribution is -0.123. The predicted molar refractivity (Wildman–Crippen MR) is 117 cm³/mol. The summed E-state index contributed by atoms with van der Waals surface area (Å²) in [6.45, 7) is 5.28. The van der Waals surface area contributed by atoms with Crippen LogP contribution in [0.3, 0.4) is 0 Å². The van der Waals surface area contributed by atoms with Crippen LogP contribution in [-0.2, 0) is 4.79 Å². The molecule has 152 valence electrons. The molecule has 1 amide bonds. The van der Waals surface area contributed by atoms with Gasteiger partial charge >= 0.3 is 0 Å². The number of rotatable bonds is 7. The van der Waals surface area contributed by atoms with E-state index in [1.54, 1.807) is 0 Å². The molecule has 1 aromatic carbocycles. The SMILES string of the molecule is C/C(=C\c1ccccc1)CN1CCC[C@@H]([C@H](NC(=O)C2CC2)c2ccccn2)C1. The lowest BCUT2D eigenvalue weighted by Crippen LogP contribution is -2.44. The molecule has 4 nitrogen and oxygen atoms in total. The van der Waals surface area contributed by atoms with Gasteiger partial charge in [-0.15, -0.1) is 0 Å². The van der Waals surface area contributed by atoms with Gasteiger partial charge < -0.3 is 5.32 Å². The number of hydrogen-bond donors (Lipinski definition) is 1. The number of carbonyl (C=O) groups excluding carboxylic acids is 1. The van der Waals surface area contributed by atoms with Crippen molar-refractivity contribution in [1.29, 1.82) is 0 Å². The van der Waals surface area contributed by atoms with Crippen molar-refractivity contribution in [2.75, 3.05) is 19.6 Å². The molecule has 1 aliphatic heterocycles. The summed E-state index contributed by atoms with van der Waals surface area (Å²) < 4.78 is 0. The number of amides is 1. The number of piperidine rings is 1. The Hall–Kier alpha value is -2.46. The highest BCUT2D eigenvalue weighted by atomic mass is 16.2. The number of aromatic nitrogens is 1. The summed E-state index contributed by atoms with van der Waals surface area (Å²) in [7, 11) is 0. The Labute approximate surface area is 174 Å². The summed E-state index contributed by atoms with van der Waals surface area (Å²) in [5.74, 6) is 0.820. The average molecular weight is 390 g/mol. The molecular formula is C25H31N3O. The second-order valence-electron chi connectivity index (χ2n) is 8.55. The maximum atomic E-state index is 12.5. The highest BCUT2D eigenvalue weighted by Crippen LogP contribution is 2.33. The summed E-state index contributed by atoms with van der Waals surface area (Å²) in [6.07, 6.45) is 8.45. The molecule has 0 radical (unpaired) electrons. The normalized spacial score (nSPS) is 21.6. The van der Waals surface area contributed by atoms with Gasteiger partial charge in [0.05, 0.1) is 11.7 Å². The molecule has 2 aromatic rings. The molecule has 1 aliphatic carbocycles. The van der Waals surface area contributed by atoms with Crippen LogP contribution in [-0.4, -0.2) is 35.4 Å². The van der Waals surface area contributed by atoms with E-state index in [2.05, 4.69) is 64.6 Å². The first kappa shape index (κ1) is 19.8. The predicted octanol–water partition coefficient (Wildman–Crippen LogP) is 4.46. The molecule has 1 N–H and O–H groups in total. The lowest BCUT2D eigenvalue weighted by Gasteiger charge is -2.37. The fraction of sp³-hybridized carbons (Fsp3) is 0.440. The van der Waals surface area contributed by atoms with E-state index in [9.17, 15) is 4.79 Å². The fourth-order valence-electron chi connectivity index (χ4n) is 4.35. The molecule has 0 bridgehead atoms. The molecule has 1 saturated carbocycles. The number of likely N-dealkylation sites (tertiary alicyclic amines) is 1. The van der Waals surface area contributed by atoms with Gasteiger partial charge in [0.2, 0.25) is 5.91 Å². The lowest BCUT2D eigenvalue weighted by atomic mass is 9.88. The van der Waals surface area contributed by atoms with Crippen molar-refractivity contribution in [2.24, 2.45) is 11.8 Å². The standard InChI is InChI=1S/C25H31N3O/c1-19(16-20-8-3-2-4-9-20)17-28-15-7-10-22(18-28)24(23-11-5-6-14-26-23)27-25(29)21-12-13-21/h2-6,8-9,11,14,16,21-22,24H,7,10,12-13,15,17-18H2,1H3,(H,27,29)/b19-16+/t22-,24+/m1/s1. The molecule has 0 unspecified atom stereocenters. The molecule has 2 atom stereocenters. The highest BCUT2D eigenvalue weighted by Gasteiger charge is 2.35. The molecule has 29 heavy (non-hydrogen) atoms. The Morgan fingerprint density at radius 3 is 2.69 bits per heavy atom. The van der Waals surface area contributed by atoms with E-state index in [-0.39, 0.29) is 17.9 Å². The number of pyridine rings is 1. The fourth-order valence-corrected chi connectivity index (χ4v) is 4.35. The zero-order valence-corrected chi connectivity index (χ0v) is 17.3. The van der Waals surface area contributed by atoms with Crippen molar-refractivity contribution in [1.82, 2.24) is 15.2 Å². The van der Waals surface area contributed by atoms with E-state index < -0.39 is 0 Å². The summed E-state index contributed by atoms with van der Waals surface area (Å²) >= 11 is 0. The van der Waals surface area contributed by atoms with Crippen LogP contribution in [0.1, 0.15) is 49.9 Å². The second-order valence-corrected chi connectivity index (χ2v) is 8.55. The zero-order valence-electron chi connectivity index (χ0n) is 17.3. The van der Waals surface area contributed by atoms with E-state index in [4.69, 9.17) is 0 Å². The molecule has 2 heterocycles. The Bertz CT molecular complexity index is 830. The smallest absolute Gasteiger partial charge is 0.223 e. The van der Waals surface area contributed by atoms with E-state index in [1.165, 1.54) is 11.1 Å². The van der Waals surface area contributed by atoms with Crippen LogP contribution in [0.4, 0.5) is 0 Å².